The van der Waals surface area contributed by atoms with Crippen molar-refractivity contribution in [2.24, 2.45) is 5.73 Å². The first-order valence-corrected chi connectivity index (χ1v) is 8.34. The number of nitrogens with one attached hydrogen (secondary N) is 1. The van der Waals surface area contributed by atoms with Crippen LogP contribution in [0, 0.1) is 0 Å². The Morgan fingerprint density at radius 1 is 1.17 bits per heavy atom. The third-order valence-electron chi connectivity index (χ3n) is 4.65. The highest BCUT2D eigenvalue weighted by Gasteiger charge is 2.25. The monoisotopic (exact) mass is 310 g/mol. The molecule has 0 amide bonds. The quantitative estimate of drug-likeness (QED) is 0.865. The Kier molecular flexibility index (Phi) is 3.93. The predicted octanol–water partition coefficient (Wildman–Crippen LogP) is 1.11. The van der Waals surface area contributed by atoms with Gasteiger partial charge in [0.1, 0.15) is 11.5 Å². The molecule has 0 spiro atoms. The maximum atomic E-state index is 6.05. The van der Waals surface area contributed by atoms with Crippen molar-refractivity contribution < 1.29 is 0 Å². The number of nitrogens with two attached hydrogens (primary N) is 1. The molecule has 2 aliphatic heterocycles. The molecular weight excluding hydrogens is 288 g/mol. The van der Waals surface area contributed by atoms with E-state index in [1.54, 1.807) is 6.20 Å². The first-order valence-electron chi connectivity index (χ1n) is 8.34. The van der Waals surface area contributed by atoms with Crippen LogP contribution < -0.4 is 16.0 Å². The average molecular weight is 310 g/mol. The fraction of sp³-hybridized carbons (Fsp3) is 0.471. The van der Waals surface area contributed by atoms with Crippen molar-refractivity contribution in [2.45, 2.75) is 31.8 Å². The van der Waals surface area contributed by atoms with Crippen molar-refractivity contribution in [1.82, 2.24) is 20.3 Å². The van der Waals surface area contributed by atoms with Crippen LogP contribution in [-0.2, 0) is 13.0 Å². The zero-order valence-electron chi connectivity index (χ0n) is 13.2. The Morgan fingerprint density at radius 3 is 2.83 bits per heavy atom. The van der Waals surface area contributed by atoms with Crippen molar-refractivity contribution in [3.63, 3.8) is 0 Å². The summed E-state index contributed by atoms with van der Waals surface area (Å²) in [7, 11) is 0. The second-order valence-corrected chi connectivity index (χ2v) is 6.26. The molecule has 0 radical (unpaired) electrons. The van der Waals surface area contributed by atoms with Gasteiger partial charge in [-0.1, -0.05) is 6.07 Å². The summed E-state index contributed by atoms with van der Waals surface area (Å²) in [5.41, 5.74) is 9.28. The van der Waals surface area contributed by atoms with Crippen LogP contribution in [0.25, 0.3) is 11.5 Å². The van der Waals surface area contributed by atoms with Gasteiger partial charge in [0.15, 0.2) is 5.82 Å². The van der Waals surface area contributed by atoms with E-state index in [4.69, 9.17) is 15.7 Å². The fourth-order valence-electron chi connectivity index (χ4n) is 3.32. The highest BCUT2D eigenvalue weighted by Crippen LogP contribution is 2.28. The Balaban J connectivity index is 1.77. The summed E-state index contributed by atoms with van der Waals surface area (Å²) in [6.45, 7) is 3.73. The molecule has 120 valence electrons. The zero-order valence-corrected chi connectivity index (χ0v) is 13.2. The van der Waals surface area contributed by atoms with Gasteiger partial charge in [-0.15, -0.1) is 0 Å². The highest BCUT2D eigenvalue weighted by atomic mass is 15.2. The maximum Gasteiger partial charge on any atom is 0.180 e. The highest BCUT2D eigenvalue weighted by molar-refractivity contribution is 5.58. The Morgan fingerprint density at radius 2 is 2.04 bits per heavy atom. The van der Waals surface area contributed by atoms with Gasteiger partial charge in [-0.2, -0.15) is 0 Å². The molecule has 2 aromatic rings. The predicted molar refractivity (Wildman–Crippen MR) is 90.1 cm³/mol. The molecule has 2 aromatic heterocycles. The van der Waals surface area contributed by atoms with Crippen LogP contribution in [0.5, 0.6) is 0 Å². The second-order valence-electron chi connectivity index (χ2n) is 6.26. The number of nitrogens with zero attached hydrogens (tertiary/aromatic N) is 4. The van der Waals surface area contributed by atoms with Gasteiger partial charge >= 0.3 is 0 Å². The molecule has 4 rings (SSSR count). The largest absolute Gasteiger partial charge is 0.356 e. The van der Waals surface area contributed by atoms with Crippen LogP contribution in [-0.4, -0.2) is 40.6 Å². The summed E-state index contributed by atoms with van der Waals surface area (Å²) in [6.07, 6.45) is 4.82. The number of fused-ring (bicyclic) bond motifs is 1. The molecule has 2 aliphatic rings. The molecule has 0 aromatic carbocycles. The first-order chi connectivity index (χ1) is 11.3. The van der Waals surface area contributed by atoms with Crippen LogP contribution in [0.3, 0.4) is 0 Å². The molecule has 6 heteroatoms. The number of pyridine rings is 1. The van der Waals surface area contributed by atoms with Crippen molar-refractivity contribution in [3.8, 4) is 11.5 Å². The van der Waals surface area contributed by atoms with Crippen LogP contribution in [0.2, 0.25) is 0 Å². The van der Waals surface area contributed by atoms with Crippen LogP contribution in [0.4, 0.5) is 5.82 Å². The lowest BCUT2D eigenvalue weighted by Crippen LogP contribution is -2.41. The summed E-state index contributed by atoms with van der Waals surface area (Å²) in [6, 6.07) is 6.17. The lowest BCUT2D eigenvalue weighted by atomic mass is 10.0. The van der Waals surface area contributed by atoms with E-state index in [1.807, 2.05) is 18.2 Å². The molecule has 1 saturated heterocycles. The van der Waals surface area contributed by atoms with E-state index < -0.39 is 0 Å². The minimum Gasteiger partial charge on any atom is -0.356 e. The van der Waals surface area contributed by atoms with E-state index in [0.717, 1.165) is 68.5 Å². The summed E-state index contributed by atoms with van der Waals surface area (Å²) in [4.78, 5) is 16.4. The smallest absolute Gasteiger partial charge is 0.180 e. The standard InChI is InChI=1S/C17H22N6/c18-12-5-9-23(10-6-12)17-13-4-8-19-11-15(13)21-16(22-17)14-3-1-2-7-20-14/h1-3,7,12,19H,4-6,8-11,18H2. The Labute approximate surface area is 136 Å². The van der Waals surface area contributed by atoms with Crippen LogP contribution in [0.15, 0.2) is 24.4 Å². The topological polar surface area (TPSA) is 80.0 Å². The normalized spacial score (nSPS) is 18.7. The van der Waals surface area contributed by atoms with E-state index in [-0.39, 0.29) is 0 Å². The first kappa shape index (κ1) is 14.5. The van der Waals surface area contributed by atoms with Gasteiger partial charge in [-0.25, -0.2) is 9.97 Å². The third-order valence-corrected chi connectivity index (χ3v) is 4.65. The molecule has 0 aliphatic carbocycles. The summed E-state index contributed by atoms with van der Waals surface area (Å²) >= 11 is 0. The van der Waals surface area contributed by atoms with Crippen molar-refractivity contribution in [1.29, 1.82) is 0 Å². The molecule has 0 saturated carbocycles. The molecule has 0 atom stereocenters. The SMILES string of the molecule is NC1CCN(c2nc(-c3ccccn3)nc3c2CCNC3)CC1. The number of anilines is 1. The van der Waals surface area contributed by atoms with E-state index in [9.17, 15) is 0 Å². The average Bonchev–Trinajstić information content (AvgIpc) is 2.62. The van der Waals surface area contributed by atoms with E-state index in [0.29, 0.717) is 6.04 Å². The molecule has 4 heterocycles. The molecule has 0 unspecified atom stereocenters. The summed E-state index contributed by atoms with van der Waals surface area (Å²) in [5, 5.41) is 3.41. The van der Waals surface area contributed by atoms with Crippen molar-refractivity contribution in [2.75, 3.05) is 24.5 Å². The molecule has 23 heavy (non-hydrogen) atoms. The minimum atomic E-state index is 0.320. The molecular formula is C17H22N6. The van der Waals surface area contributed by atoms with Gasteiger partial charge in [0, 0.05) is 37.4 Å². The summed E-state index contributed by atoms with van der Waals surface area (Å²) in [5.74, 6) is 1.81. The lowest BCUT2D eigenvalue weighted by Gasteiger charge is -2.33. The van der Waals surface area contributed by atoms with Crippen molar-refractivity contribution >= 4 is 5.82 Å². The number of rotatable bonds is 2. The molecule has 3 N–H and O–H groups in total. The Bertz CT molecular complexity index is 679. The van der Waals surface area contributed by atoms with Gasteiger partial charge < -0.3 is 16.0 Å². The van der Waals surface area contributed by atoms with E-state index >= 15 is 0 Å². The number of hydrogen-bond acceptors (Lipinski definition) is 6. The summed E-state index contributed by atoms with van der Waals surface area (Å²) < 4.78 is 0. The van der Waals surface area contributed by atoms with Gasteiger partial charge in [0.25, 0.3) is 0 Å². The third kappa shape index (κ3) is 2.92. The van der Waals surface area contributed by atoms with Crippen molar-refractivity contribution in [3.05, 3.63) is 35.7 Å². The Hall–Kier alpha value is -2.05. The van der Waals surface area contributed by atoms with Crippen LogP contribution >= 0.6 is 0 Å². The lowest BCUT2D eigenvalue weighted by molar-refractivity contribution is 0.495. The molecule has 1 fully saturated rings. The van der Waals surface area contributed by atoms with E-state index in [2.05, 4.69) is 15.2 Å². The zero-order chi connectivity index (χ0) is 15.6. The van der Waals surface area contributed by atoms with Gasteiger partial charge in [-0.05, 0) is 37.9 Å². The second kappa shape index (κ2) is 6.22. The van der Waals surface area contributed by atoms with Crippen LogP contribution in [0.1, 0.15) is 24.1 Å². The van der Waals surface area contributed by atoms with Gasteiger partial charge in [0.2, 0.25) is 0 Å². The molecule has 6 nitrogen and oxygen atoms in total. The van der Waals surface area contributed by atoms with E-state index in [1.165, 1.54) is 5.56 Å². The van der Waals surface area contributed by atoms with Gasteiger partial charge in [-0.3, -0.25) is 4.98 Å². The minimum absolute atomic E-state index is 0.320. The number of piperidine rings is 1. The number of aromatic nitrogens is 3. The fourth-order valence-corrected chi connectivity index (χ4v) is 3.32. The van der Waals surface area contributed by atoms with Gasteiger partial charge in [0.05, 0.1) is 5.69 Å². The molecule has 0 bridgehead atoms. The number of hydrogen-bond donors (Lipinski definition) is 2. The maximum absolute atomic E-state index is 6.05.